The first-order valence-electron chi connectivity index (χ1n) is 14.9. The number of rotatable bonds is 18. The van der Waals surface area contributed by atoms with Crippen LogP contribution in [0.4, 0.5) is 9.59 Å². The van der Waals surface area contributed by atoms with Gasteiger partial charge in [0.05, 0.1) is 19.1 Å². The van der Waals surface area contributed by atoms with Gasteiger partial charge in [-0.05, 0) is 56.7 Å². The summed E-state index contributed by atoms with van der Waals surface area (Å²) in [6.07, 6.45) is 1.83. The summed E-state index contributed by atoms with van der Waals surface area (Å²) in [5, 5.41) is 0. The number of hydrogen-bond acceptors (Lipinski definition) is 11. The molecule has 4 atom stereocenters. The van der Waals surface area contributed by atoms with Crippen LogP contribution in [0.25, 0.3) is 0 Å². The fraction of sp³-hybridized carbons (Fsp3) is 0.677. The second-order valence-electron chi connectivity index (χ2n) is 10.7. The van der Waals surface area contributed by atoms with Crippen LogP contribution in [0.5, 0.6) is 11.5 Å². The maximum absolute atomic E-state index is 12.7. The molecule has 0 aromatic heterocycles. The minimum absolute atomic E-state index is 0.0216. The number of nitrogens with two attached hydrogens (primary N) is 1. The monoisotopic (exact) mass is 595 g/mol. The normalized spacial score (nSPS) is 13.8. The number of benzene rings is 1. The molecule has 0 amide bonds. The Morgan fingerprint density at radius 3 is 1.71 bits per heavy atom. The van der Waals surface area contributed by atoms with E-state index in [-0.39, 0.29) is 48.9 Å². The summed E-state index contributed by atoms with van der Waals surface area (Å²) in [6.45, 7) is 13.3. The second kappa shape index (κ2) is 19.7. The number of unbranched alkanes of at least 4 members (excludes halogenated alkanes) is 4. The van der Waals surface area contributed by atoms with Crippen molar-refractivity contribution in [3.63, 3.8) is 0 Å². The SMILES string of the molecule is CCCCCOC(=O)Oc1ccc(C[C@H](N)C(=O)O[C@@H](C)C(C)OC(=O)C(C)C(C)C)cc1OC(=O)OCCCCC. The molecule has 1 aromatic rings. The molecule has 2 unspecified atom stereocenters. The predicted molar refractivity (Wildman–Crippen MR) is 156 cm³/mol. The molecule has 2 N–H and O–H groups in total. The number of hydrogen-bond donors (Lipinski definition) is 1. The molecule has 0 aliphatic heterocycles. The molecule has 0 saturated carbocycles. The summed E-state index contributed by atoms with van der Waals surface area (Å²) in [7, 11) is 0. The van der Waals surface area contributed by atoms with Crippen LogP contribution in [0.3, 0.4) is 0 Å². The zero-order chi connectivity index (χ0) is 31.7. The lowest BCUT2D eigenvalue weighted by Gasteiger charge is -2.24. The molecule has 0 heterocycles. The van der Waals surface area contributed by atoms with Crippen molar-refractivity contribution >= 4 is 24.2 Å². The van der Waals surface area contributed by atoms with Crippen LogP contribution < -0.4 is 15.2 Å². The molecule has 0 aliphatic carbocycles. The molecule has 238 valence electrons. The van der Waals surface area contributed by atoms with Crippen molar-refractivity contribution in [2.75, 3.05) is 13.2 Å². The summed E-state index contributed by atoms with van der Waals surface area (Å²) in [4.78, 5) is 49.4. The van der Waals surface area contributed by atoms with Gasteiger partial charge in [0.25, 0.3) is 0 Å². The molecule has 1 aromatic carbocycles. The van der Waals surface area contributed by atoms with Crippen LogP contribution in [0, 0.1) is 11.8 Å². The average Bonchev–Trinajstić information content (AvgIpc) is 2.94. The highest BCUT2D eigenvalue weighted by Crippen LogP contribution is 2.30. The largest absolute Gasteiger partial charge is 0.513 e. The lowest BCUT2D eigenvalue weighted by molar-refractivity contribution is -0.169. The third-order valence-electron chi connectivity index (χ3n) is 6.73. The van der Waals surface area contributed by atoms with Crippen LogP contribution in [-0.2, 0) is 35.0 Å². The Hall–Kier alpha value is -3.34. The van der Waals surface area contributed by atoms with Gasteiger partial charge in [-0.1, -0.05) is 66.4 Å². The molecular formula is C31H49NO10. The van der Waals surface area contributed by atoms with Gasteiger partial charge in [0.1, 0.15) is 18.2 Å². The Bertz CT molecular complexity index is 996. The van der Waals surface area contributed by atoms with Crippen molar-refractivity contribution in [3.05, 3.63) is 23.8 Å². The van der Waals surface area contributed by atoms with Crippen LogP contribution in [0.1, 0.15) is 92.6 Å². The van der Waals surface area contributed by atoms with Crippen molar-refractivity contribution in [1.29, 1.82) is 0 Å². The van der Waals surface area contributed by atoms with Gasteiger partial charge in [-0.25, -0.2) is 9.59 Å². The van der Waals surface area contributed by atoms with Crippen molar-refractivity contribution in [2.24, 2.45) is 17.6 Å². The summed E-state index contributed by atoms with van der Waals surface area (Å²) in [5.41, 5.74) is 6.62. The highest BCUT2D eigenvalue weighted by molar-refractivity contribution is 5.76. The van der Waals surface area contributed by atoms with Gasteiger partial charge in [0.2, 0.25) is 0 Å². The molecule has 0 saturated heterocycles. The molecule has 42 heavy (non-hydrogen) atoms. The van der Waals surface area contributed by atoms with E-state index < -0.39 is 36.5 Å². The highest BCUT2D eigenvalue weighted by atomic mass is 16.7. The van der Waals surface area contributed by atoms with Crippen LogP contribution in [0.2, 0.25) is 0 Å². The van der Waals surface area contributed by atoms with E-state index in [1.54, 1.807) is 26.8 Å². The fourth-order valence-electron chi connectivity index (χ4n) is 3.46. The van der Waals surface area contributed by atoms with E-state index in [9.17, 15) is 19.2 Å². The van der Waals surface area contributed by atoms with Crippen LogP contribution in [-0.4, -0.2) is 55.7 Å². The fourth-order valence-corrected chi connectivity index (χ4v) is 3.46. The lowest BCUT2D eigenvalue weighted by atomic mass is 9.98. The Morgan fingerprint density at radius 1 is 0.714 bits per heavy atom. The van der Waals surface area contributed by atoms with Crippen molar-refractivity contribution in [3.8, 4) is 11.5 Å². The molecule has 0 fully saturated rings. The maximum atomic E-state index is 12.7. The third kappa shape index (κ3) is 14.0. The zero-order valence-electron chi connectivity index (χ0n) is 26.1. The summed E-state index contributed by atoms with van der Waals surface area (Å²) in [6, 6.07) is 3.35. The standard InChI is InChI=1S/C31H49NO10/c1-8-10-12-16-37-30(35)41-26-15-14-24(19-27(26)42-31(36)38-17-13-11-9-2)18-25(32)29(34)40-23(7)22(6)39-28(33)21(5)20(3)4/h14-15,19-23,25H,8-13,16-18,32H2,1-7H3/t21?,22?,23-,25-/m0/s1. The number of carbonyl (C=O) groups excluding carboxylic acids is 4. The van der Waals surface area contributed by atoms with Gasteiger partial charge in [-0.3, -0.25) is 9.59 Å². The molecule has 11 nitrogen and oxygen atoms in total. The Morgan fingerprint density at radius 2 is 1.21 bits per heavy atom. The molecule has 0 spiro atoms. The molecule has 1 rings (SSSR count). The molecule has 0 bridgehead atoms. The maximum Gasteiger partial charge on any atom is 0.513 e. The molecule has 0 radical (unpaired) electrons. The van der Waals surface area contributed by atoms with Gasteiger partial charge in [-0.2, -0.15) is 0 Å². The number of ether oxygens (including phenoxy) is 6. The van der Waals surface area contributed by atoms with Crippen LogP contribution in [0.15, 0.2) is 18.2 Å². The average molecular weight is 596 g/mol. The van der Waals surface area contributed by atoms with Crippen molar-refractivity contribution in [1.82, 2.24) is 0 Å². The zero-order valence-corrected chi connectivity index (χ0v) is 26.1. The molecule has 0 aliphatic rings. The first kappa shape index (κ1) is 36.7. The van der Waals surface area contributed by atoms with E-state index in [0.29, 0.717) is 18.4 Å². The quantitative estimate of drug-likeness (QED) is 0.0904. The third-order valence-corrected chi connectivity index (χ3v) is 6.73. The van der Waals surface area contributed by atoms with E-state index in [4.69, 9.17) is 34.2 Å². The predicted octanol–water partition coefficient (Wildman–Crippen LogP) is 6.12. The van der Waals surface area contributed by atoms with Gasteiger partial charge in [0, 0.05) is 0 Å². The molecular weight excluding hydrogens is 546 g/mol. The molecule has 11 heteroatoms. The summed E-state index contributed by atoms with van der Waals surface area (Å²) >= 11 is 0. The van der Waals surface area contributed by atoms with E-state index >= 15 is 0 Å². The van der Waals surface area contributed by atoms with Gasteiger partial charge >= 0.3 is 24.2 Å². The number of esters is 2. The minimum atomic E-state index is -1.07. The summed E-state index contributed by atoms with van der Waals surface area (Å²) < 4.78 is 31.7. The van der Waals surface area contributed by atoms with Crippen molar-refractivity contribution < 1.29 is 47.6 Å². The van der Waals surface area contributed by atoms with Gasteiger partial charge in [0.15, 0.2) is 11.5 Å². The van der Waals surface area contributed by atoms with Crippen molar-refractivity contribution in [2.45, 2.75) is 112 Å². The first-order chi connectivity index (χ1) is 19.9. The summed E-state index contributed by atoms with van der Waals surface area (Å²) in [5.74, 6) is -1.39. The highest BCUT2D eigenvalue weighted by Gasteiger charge is 2.27. The smallest absolute Gasteiger partial charge is 0.459 e. The van der Waals surface area contributed by atoms with Gasteiger partial charge in [-0.15, -0.1) is 0 Å². The topological polar surface area (TPSA) is 150 Å². The Kier molecular flexibility index (Phi) is 17.2. The van der Waals surface area contributed by atoms with E-state index in [1.807, 2.05) is 27.7 Å². The van der Waals surface area contributed by atoms with Crippen LogP contribution >= 0.6 is 0 Å². The van der Waals surface area contributed by atoms with E-state index in [1.165, 1.54) is 12.1 Å². The number of carbonyl (C=O) groups is 4. The first-order valence-corrected chi connectivity index (χ1v) is 14.9. The lowest BCUT2D eigenvalue weighted by Crippen LogP contribution is -2.40. The Labute approximate surface area is 249 Å². The van der Waals surface area contributed by atoms with E-state index in [0.717, 1.165) is 25.7 Å². The Balaban J connectivity index is 2.90. The second-order valence-corrected chi connectivity index (χ2v) is 10.7. The van der Waals surface area contributed by atoms with E-state index in [2.05, 4.69) is 0 Å². The minimum Gasteiger partial charge on any atom is -0.459 e. The van der Waals surface area contributed by atoms with Gasteiger partial charge < -0.3 is 34.2 Å².